The fraction of sp³-hybridized carbons (Fsp3) is 0.286. The highest BCUT2D eigenvalue weighted by molar-refractivity contribution is 6.02. The van der Waals surface area contributed by atoms with Crippen LogP contribution in [0.5, 0.6) is 0 Å². The normalized spacial score (nSPS) is 15.4. The molecule has 4 nitrogen and oxygen atoms in total. The van der Waals surface area contributed by atoms with Gasteiger partial charge in [-0.1, -0.05) is 12.1 Å². The summed E-state index contributed by atoms with van der Waals surface area (Å²) in [5.41, 5.74) is 3.65. The molecule has 0 atom stereocenters. The van der Waals surface area contributed by atoms with Crippen LogP contribution < -0.4 is 10.2 Å². The summed E-state index contributed by atoms with van der Waals surface area (Å²) in [4.78, 5) is 16.8. The van der Waals surface area contributed by atoms with E-state index >= 15 is 0 Å². The molecule has 0 unspecified atom stereocenters. The highest BCUT2D eigenvalue weighted by Gasteiger charge is 2.15. The molecule has 0 saturated carbocycles. The Hall–Kier alpha value is -2.66. The number of halogens is 1. The van der Waals surface area contributed by atoms with Crippen LogP contribution in [0, 0.1) is 12.7 Å². The van der Waals surface area contributed by atoms with Gasteiger partial charge >= 0.3 is 0 Å². The van der Waals surface area contributed by atoms with Gasteiger partial charge in [-0.2, -0.15) is 0 Å². The van der Waals surface area contributed by atoms with Gasteiger partial charge in [-0.25, -0.2) is 4.39 Å². The zero-order chi connectivity index (χ0) is 18.5. The van der Waals surface area contributed by atoms with Crippen molar-refractivity contribution in [2.24, 2.45) is 0 Å². The Labute approximate surface area is 153 Å². The summed E-state index contributed by atoms with van der Waals surface area (Å²) in [5, 5.41) is 2.89. The minimum atomic E-state index is -0.317. The van der Waals surface area contributed by atoms with Gasteiger partial charge in [0.05, 0.1) is 0 Å². The number of likely N-dealkylation sites (N-methyl/N-ethyl adjacent to an activating group) is 1. The molecule has 1 saturated heterocycles. The van der Waals surface area contributed by atoms with E-state index in [9.17, 15) is 9.18 Å². The first-order chi connectivity index (χ1) is 12.5. The molecule has 0 bridgehead atoms. The van der Waals surface area contributed by atoms with Crippen LogP contribution in [0.3, 0.4) is 0 Å². The second-order valence-electron chi connectivity index (χ2n) is 6.67. The number of anilines is 2. The lowest BCUT2D eigenvalue weighted by Gasteiger charge is -2.34. The predicted octanol–water partition coefficient (Wildman–Crippen LogP) is 3.54. The van der Waals surface area contributed by atoms with E-state index in [-0.39, 0.29) is 11.7 Å². The quantitative estimate of drug-likeness (QED) is 0.854. The lowest BCUT2D eigenvalue weighted by Crippen LogP contribution is -2.44. The minimum absolute atomic E-state index is 0.232. The Morgan fingerprint density at radius 1 is 1.12 bits per heavy atom. The summed E-state index contributed by atoms with van der Waals surface area (Å²) < 4.78 is 13.2. The number of piperazine rings is 1. The molecule has 26 heavy (non-hydrogen) atoms. The number of carbonyl (C=O) groups excluding carboxylic acids is 1. The van der Waals surface area contributed by atoms with E-state index in [2.05, 4.69) is 28.2 Å². The van der Waals surface area contributed by atoms with Crippen molar-refractivity contribution in [3.05, 3.63) is 65.5 Å². The van der Waals surface area contributed by atoms with Gasteiger partial charge in [-0.15, -0.1) is 0 Å². The third-order valence-corrected chi connectivity index (χ3v) is 4.61. The molecule has 1 aliphatic heterocycles. The van der Waals surface area contributed by atoms with Gasteiger partial charge < -0.3 is 15.1 Å². The van der Waals surface area contributed by atoms with Crippen molar-refractivity contribution in [3.8, 4) is 0 Å². The lowest BCUT2D eigenvalue weighted by molar-refractivity contribution is -0.111. The predicted molar refractivity (Wildman–Crippen MR) is 105 cm³/mol. The van der Waals surface area contributed by atoms with Crippen LogP contribution in [-0.4, -0.2) is 44.0 Å². The Balaban J connectivity index is 1.63. The van der Waals surface area contributed by atoms with Crippen molar-refractivity contribution in [3.63, 3.8) is 0 Å². The van der Waals surface area contributed by atoms with E-state index in [4.69, 9.17) is 0 Å². The van der Waals surface area contributed by atoms with Gasteiger partial charge in [0, 0.05) is 43.6 Å². The van der Waals surface area contributed by atoms with Gasteiger partial charge in [0.15, 0.2) is 0 Å². The minimum Gasteiger partial charge on any atom is -0.369 e. The largest absolute Gasteiger partial charge is 0.369 e. The average Bonchev–Trinajstić information content (AvgIpc) is 2.62. The molecule has 3 rings (SSSR count). The Kier molecular flexibility index (Phi) is 5.68. The monoisotopic (exact) mass is 353 g/mol. The molecule has 1 heterocycles. The van der Waals surface area contributed by atoms with E-state index in [0.717, 1.165) is 37.4 Å². The molecule has 0 radical (unpaired) electrons. The van der Waals surface area contributed by atoms with Crippen molar-refractivity contribution in [1.82, 2.24) is 4.90 Å². The number of hydrogen-bond donors (Lipinski definition) is 1. The zero-order valence-electron chi connectivity index (χ0n) is 15.2. The standard InChI is InChI=1S/C21H24FN3O/c1-16-14-19(25-12-10-24(2)11-13-25)7-8-20(16)23-21(26)9-6-17-4-3-5-18(22)15-17/h3-9,14-15H,10-13H2,1-2H3,(H,23,26)/b9-6+. The number of nitrogens with zero attached hydrogens (tertiary/aromatic N) is 2. The summed E-state index contributed by atoms with van der Waals surface area (Å²) >= 11 is 0. The van der Waals surface area contributed by atoms with Crippen LogP contribution in [0.2, 0.25) is 0 Å². The number of carbonyl (C=O) groups is 1. The number of benzene rings is 2. The van der Waals surface area contributed by atoms with E-state index < -0.39 is 0 Å². The third kappa shape index (κ3) is 4.70. The molecular weight excluding hydrogens is 329 g/mol. The molecule has 0 spiro atoms. The summed E-state index contributed by atoms with van der Waals surface area (Å²) in [6.07, 6.45) is 3.02. The first-order valence-electron chi connectivity index (χ1n) is 8.80. The second kappa shape index (κ2) is 8.15. The van der Waals surface area contributed by atoms with Crippen molar-refractivity contribution < 1.29 is 9.18 Å². The van der Waals surface area contributed by atoms with Crippen LogP contribution in [0.15, 0.2) is 48.5 Å². The smallest absolute Gasteiger partial charge is 0.248 e. The van der Waals surface area contributed by atoms with Crippen LogP contribution in [-0.2, 0) is 4.79 Å². The molecule has 2 aromatic carbocycles. The second-order valence-corrected chi connectivity index (χ2v) is 6.67. The Morgan fingerprint density at radius 3 is 2.58 bits per heavy atom. The number of rotatable bonds is 4. The molecule has 5 heteroatoms. The zero-order valence-corrected chi connectivity index (χ0v) is 15.2. The van der Waals surface area contributed by atoms with Crippen LogP contribution in [0.4, 0.5) is 15.8 Å². The molecule has 1 fully saturated rings. The van der Waals surface area contributed by atoms with Crippen molar-refractivity contribution in [1.29, 1.82) is 0 Å². The maximum absolute atomic E-state index is 13.2. The molecule has 136 valence electrons. The SMILES string of the molecule is Cc1cc(N2CCN(C)CC2)ccc1NC(=O)/C=C/c1cccc(F)c1. The van der Waals surface area contributed by atoms with E-state index in [0.29, 0.717) is 5.56 Å². The van der Waals surface area contributed by atoms with E-state index in [1.807, 2.05) is 19.1 Å². The Morgan fingerprint density at radius 2 is 1.88 bits per heavy atom. The van der Waals surface area contributed by atoms with E-state index in [1.54, 1.807) is 18.2 Å². The first-order valence-corrected chi connectivity index (χ1v) is 8.80. The Bertz CT molecular complexity index is 811. The lowest BCUT2D eigenvalue weighted by atomic mass is 10.1. The summed E-state index contributed by atoms with van der Waals surface area (Å²) in [6, 6.07) is 12.2. The topological polar surface area (TPSA) is 35.6 Å². The van der Waals surface area contributed by atoms with Gasteiger partial charge in [-0.05, 0) is 61.5 Å². The molecular formula is C21H24FN3O. The maximum Gasteiger partial charge on any atom is 0.248 e. The summed E-state index contributed by atoms with van der Waals surface area (Å²) in [6.45, 7) is 6.13. The van der Waals surface area contributed by atoms with Crippen molar-refractivity contribution in [2.45, 2.75) is 6.92 Å². The van der Waals surface area contributed by atoms with E-state index in [1.165, 1.54) is 23.9 Å². The number of hydrogen-bond acceptors (Lipinski definition) is 3. The highest BCUT2D eigenvalue weighted by atomic mass is 19.1. The molecule has 0 aliphatic carbocycles. The highest BCUT2D eigenvalue weighted by Crippen LogP contribution is 2.23. The maximum atomic E-state index is 13.2. The van der Waals surface area contributed by atoms with Crippen LogP contribution in [0.1, 0.15) is 11.1 Å². The van der Waals surface area contributed by atoms with Gasteiger partial charge in [0.1, 0.15) is 5.82 Å². The molecule has 1 aliphatic rings. The first kappa shape index (κ1) is 18.1. The van der Waals surface area contributed by atoms with Gasteiger partial charge in [0.2, 0.25) is 5.91 Å². The molecule has 1 amide bonds. The third-order valence-electron chi connectivity index (χ3n) is 4.61. The van der Waals surface area contributed by atoms with Crippen LogP contribution >= 0.6 is 0 Å². The summed E-state index contributed by atoms with van der Waals surface area (Å²) in [5.74, 6) is -0.549. The number of aryl methyl sites for hydroxylation is 1. The average molecular weight is 353 g/mol. The fourth-order valence-corrected chi connectivity index (χ4v) is 3.01. The molecule has 2 aromatic rings. The van der Waals surface area contributed by atoms with Gasteiger partial charge in [-0.3, -0.25) is 4.79 Å². The van der Waals surface area contributed by atoms with Crippen molar-refractivity contribution >= 4 is 23.4 Å². The summed E-state index contributed by atoms with van der Waals surface area (Å²) in [7, 11) is 2.14. The molecule has 1 N–H and O–H groups in total. The number of amides is 1. The molecule has 0 aromatic heterocycles. The van der Waals surface area contributed by atoms with Crippen molar-refractivity contribution in [2.75, 3.05) is 43.4 Å². The van der Waals surface area contributed by atoms with Gasteiger partial charge in [0.25, 0.3) is 0 Å². The fourth-order valence-electron chi connectivity index (χ4n) is 3.01. The van der Waals surface area contributed by atoms with Crippen LogP contribution in [0.25, 0.3) is 6.08 Å². The number of nitrogens with one attached hydrogen (secondary N) is 1.